The zero-order valence-corrected chi connectivity index (χ0v) is 10.7. The Morgan fingerprint density at radius 3 is 2.90 bits per heavy atom. The van der Waals surface area contributed by atoms with Gasteiger partial charge in [0.1, 0.15) is 5.82 Å². The molecule has 4 rings (SSSR count). The summed E-state index contributed by atoms with van der Waals surface area (Å²) in [6, 6.07) is 14.2. The van der Waals surface area contributed by atoms with Gasteiger partial charge < -0.3 is 10.7 Å². The second-order valence-corrected chi connectivity index (χ2v) is 4.74. The number of fused-ring (bicyclic) bond motifs is 2. The number of pyridine rings is 2. The van der Waals surface area contributed by atoms with Gasteiger partial charge >= 0.3 is 0 Å². The van der Waals surface area contributed by atoms with Gasteiger partial charge in [0.05, 0.1) is 11.2 Å². The Morgan fingerprint density at radius 1 is 1.00 bits per heavy atom. The topological polar surface area (TPSA) is 67.6 Å². The van der Waals surface area contributed by atoms with E-state index < -0.39 is 0 Å². The van der Waals surface area contributed by atoms with Crippen LogP contribution < -0.4 is 5.73 Å². The number of nitrogens with one attached hydrogen (secondary N) is 1. The van der Waals surface area contributed by atoms with Gasteiger partial charge in [-0.25, -0.2) is 9.97 Å². The Morgan fingerprint density at radius 2 is 1.95 bits per heavy atom. The largest absolute Gasteiger partial charge is 0.383 e. The molecule has 3 aromatic heterocycles. The Hall–Kier alpha value is -2.88. The van der Waals surface area contributed by atoms with Crippen LogP contribution in [0, 0.1) is 0 Å². The monoisotopic (exact) mass is 260 g/mol. The number of benzene rings is 1. The minimum Gasteiger partial charge on any atom is -0.383 e. The summed E-state index contributed by atoms with van der Waals surface area (Å²) in [5.41, 5.74) is 9.83. The molecule has 4 heteroatoms. The van der Waals surface area contributed by atoms with Crippen LogP contribution in [0.3, 0.4) is 0 Å². The van der Waals surface area contributed by atoms with Crippen molar-refractivity contribution in [3.8, 4) is 11.3 Å². The lowest BCUT2D eigenvalue weighted by molar-refractivity contribution is 1.33. The van der Waals surface area contributed by atoms with Gasteiger partial charge in [-0.05, 0) is 35.7 Å². The van der Waals surface area contributed by atoms with E-state index in [1.54, 1.807) is 6.20 Å². The van der Waals surface area contributed by atoms with Gasteiger partial charge in [-0.15, -0.1) is 0 Å². The molecule has 0 spiro atoms. The molecule has 0 radical (unpaired) electrons. The molecule has 3 heterocycles. The molecule has 20 heavy (non-hydrogen) atoms. The van der Waals surface area contributed by atoms with Crippen molar-refractivity contribution in [2.24, 2.45) is 0 Å². The molecular weight excluding hydrogens is 248 g/mol. The minimum atomic E-state index is 0.515. The summed E-state index contributed by atoms with van der Waals surface area (Å²) in [6.45, 7) is 0. The first kappa shape index (κ1) is 11.0. The molecule has 3 N–H and O–H groups in total. The summed E-state index contributed by atoms with van der Waals surface area (Å²) in [5.74, 6) is 0.515. The van der Waals surface area contributed by atoms with Crippen molar-refractivity contribution in [3.63, 3.8) is 0 Å². The van der Waals surface area contributed by atoms with Crippen molar-refractivity contribution >= 4 is 27.6 Å². The van der Waals surface area contributed by atoms with E-state index >= 15 is 0 Å². The van der Waals surface area contributed by atoms with E-state index in [0.29, 0.717) is 5.82 Å². The second kappa shape index (κ2) is 4.06. The maximum Gasteiger partial charge on any atom is 0.132 e. The first-order valence-corrected chi connectivity index (χ1v) is 6.40. The molecule has 4 aromatic rings. The molecule has 0 fully saturated rings. The summed E-state index contributed by atoms with van der Waals surface area (Å²) < 4.78 is 0. The molecule has 0 bridgehead atoms. The SMILES string of the molecule is Nc1nccc2nc(-c3ccc4cc[nH]c4c3)ccc12. The number of nitrogens with zero attached hydrogens (tertiary/aromatic N) is 2. The molecular formula is C16H12N4. The van der Waals surface area contributed by atoms with Crippen LogP contribution in [0.4, 0.5) is 5.82 Å². The average Bonchev–Trinajstić information content (AvgIpc) is 2.94. The summed E-state index contributed by atoms with van der Waals surface area (Å²) in [7, 11) is 0. The lowest BCUT2D eigenvalue weighted by atomic mass is 10.1. The van der Waals surface area contributed by atoms with Crippen LogP contribution in [0.25, 0.3) is 33.1 Å². The minimum absolute atomic E-state index is 0.515. The van der Waals surface area contributed by atoms with Gasteiger partial charge in [-0.2, -0.15) is 0 Å². The molecule has 1 aromatic carbocycles. The van der Waals surface area contributed by atoms with Crippen LogP contribution in [-0.2, 0) is 0 Å². The molecule has 0 amide bonds. The van der Waals surface area contributed by atoms with Crippen LogP contribution in [-0.4, -0.2) is 15.0 Å². The van der Waals surface area contributed by atoms with E-state index in [-0.39, 0.29) is 0 Å². The van der Waals surface area contributed by atoms with Crippen molar-refractivity contribution in [3.05, 3.63) is 54.9 Å². The number of aromatic amines is 1. The number of aromatic nitrogens is 3. The first-order chi connectivity index (χ1) is 9.81. The van der Waals surface area contributed by atoms with Crippen LogP contribution in [0.15, 0.2) is 54.9 Å². The highest BCUT2D eigenvalue weighted by atomic mass is 14.8. The number of nitrogen functional groups attached to an aromatic ring is 1. The van der Waals surface area contributed by atoms with E-state index in [9.17, 15) is 0 Å². The molecule has 0 saturated carbocycles. The Kier molecular flexibility index (Phi) is 2.23. The fourth-order valence-electron chi connectivity index (χ4n) is 2.44. The molecule has 0 saturated heterocycles. The number of H-pyrrole nitrogens is 1. The Labute approximate surface area is 115 Å². The Bertz CT molecular complexity index is 924. The first-order valence-electron chi connectivity index (χ1n) is 6.40. The predicted molar refractivity (Wildman–Crippen MR) is 81.2 cm³/mol. The summed E-state index contributed by atoms with van der Waals surface area (Å²) in [6.07, 6.45) is 3.62. The number of anilines is 1. The fourth-order valence-corrected chi connectivity index (χ4v) is 2.44. The molecule has 0 unspecified atom stereocenters. The molecule has 0 aliphatic heterocycles. The van der Waals surface area contributed by atoms with Crippen LogP contribution in [0.1, 0.15) is 0 Å². The number of nitrogens with two attached hydrogens (primary N) is 1. The average molecular weight is 260 g/mol. The second-order valence-electron chi connectivity index (χ2n) is 4.74. The van der Waals surface area contributed by atoms with Crippen LogP contribution >= 0.6 is 0 Å². The standard InChI is InChI=1S/C16H12N4/c17-16-12-3-4-13(20-14(12)6-8-19-16)11-2-1-10-5-7-18-15(10)9-11/h1-9,18H,(H2,17,19). The lowest BCUT2D eigenvalue weighted by Gasteiger charge is -2.05. The number of rotatable bonds is 1. The maximum atomic E-state index is 5.85. The highest BCUT2D eigenvalue weighted by Crippen LogP contribution is 2.25. The van der Waals surface area contributed by atoms with Crippen molar-refractivity contribution < 1.29 is 0 Å². The van der Waals surface area contributed by atoms with E-state index in [1.165, 1.54) is 5.39 Å². The molecule has 4 nitrogen and oxygen atoms in total. The zero-order valence-electron chi connectivity index (χ0n) is 10.7. The van der Waals surface area contributed by atoms with E-state index in [1.807, 2.05) is 24.4 Å². The smallest absolute Gasteiger partial charge is 0.132 e. The lowest BCUT2D eigenvalue weighted by Crippen LogP contribution is -1.93. The van der Waals surface area contributed by atoms with Gasteiger partial charge in [0.25, 0.3) is 0 Å². The highest BCUT2D eigenvalue weighted by molar-refractivity contribution is 5.90. The normalized spacial score (nSPS) is 11.2. The summed E-state index contributed by atoms with van der Waals surface area (Å²) in [5, 5.41) is 2.08. The van der Waals surface area contributed by atoms with Crippen molar-refractivity contribution in [2.75, 3.05) is 5.73 Å². The highest BCUT2D eigenvalue weighted by Gasteiger charge is 2.05. The molecule has 0 aliphatic rings. The van der Waals surface area contributed by atoms with Crippen LogP contribution in [0.5, 0.6) is 0 Å². The fraction of sp³-hybridized carbons (Fsp3) is 0. The van der Waals surface area contributed by atoms with Gasteiger partial charge in [-0.1, -0.05) is 12.1 Å². The van der Waals surface area contributed by atoms with E-state index in [2.05, 4.69) is 39.2 Å². The van der Waals surface area contributed by atoms with Gasteiger partial charge in [-0.3, -0.25) is 0 Å². The molecule has 0 atom stereocenters. The maximum absolute atomic E-state index is 5.85. The quantitative estimate of drug-likeness (QED) is 0.551. The molecule has 96 valence electrons. The van der Waals surface area contributed by atoms with E-state index in [0.717, 1.165) is 27.7 Å². The summed E-state index contributed by atoms with van der Waals surface area (Å²) >= 11 is 0. The van der Waals surface area contributed by atoms with Gasteiger partial charge in [0.2, 0.25) is 0 Å². The Balaban J connectivity index is 1.92. The summed E-state index contributed by atoms with van der Waals surface area (Å²) in [4.78, 5) is 12.0. The third-order valence-electron chi connectivity index (χ3n) is 3.50. The van der Waals surface area contributed by atoms with Crippen LogP contribution in [0.2, 0.25) is 0 Å². The predicted octanol–water partition coefficient (Wildman–Crippen LogP) is 3.36. The number of hydrogen-bond acceptors (Lipinski definition) is 3. The van der Waals surface area contributed by atoms with Gasteiger partial charge in [0, 0.05) is 28.9 Å². The van der Waals surface area contributed by atoms with Crippen molar-refractivity contribution in [2.45, 2.75) is 0 Å². The van der Waals surface area contributed by atoms with Crippen molar-refractivity contribution in [1.29, 1.82) is 0 Å². The van der Waals surface area contributed by atoms with Crippen molar-refractivity contribution in [1.82, 2.24) is 15.0 Å². The third-order valence-corrected chi connectivity index (χ3v) is 3.50. The number of hydrogen-bond donors (Lipinski definition) is 2. The molecule has 0 aliphatic carbocycles. The van der Waals surface area contributed by atoms with Gasteiger partial charge in [0.15, 0.2) is 0 Å². The van der Waals surface area contributed by atoms with E-state index in [4.69, 9.17) is 5.73 Å². The third kappa shape index (κ3) is 1.62. The zero-order chi connectivity index (χ0) is 13.5.